The first kappa shape index (κ1) is 17.6. The van der Waals surface area contributed by atoms with Crippen LogP contribution in [0.3, 0.4) is 0 Å². The summed E-state index contributed by atoms with van der Waals surface area (Å²) in [6, 6.07) is 3.28. The van der Waals surface area contributed by atoms with Gasteiger partial charge in [-0.3, -0.25) is 0 Å². The quantitative estimate of drug-likeness (QED) is 0.465. The molecule has 0 amide bonds. The van der Waals surface area contributed by atoms with Crippen LogP contribution in [-0.4, -0.2) is 29.4 Å². The highest BCUT2D eigenvalue weighted by molar-refractivity contribution is 7.91. The Hall–Kier alpha value is -0.460. The second kappa shape index (κ2) is 7.52. The third-order valence-electron chi connectivity index (χ3n) is 2.23. The molecule has 1 unspecified atom stereocenters. The molecule has 0 saturated carbocycles. The van der Waals surface area contributed by atoms with Gasteiger partial charge < -0.3 is 14.0 Å². The van der Waals surface area contributed by atoms with Crippen molar-refractivity contribution in [3.63, 3.8) is 0 Å². The molecule has 0 fully saturated rings. The van der Waals surface area contributed by atoms with Gasteiger partial charge in [-0.2, -0.15) is 0 Å². The van der Waals surface area contributed by atoms with Crippen molar-refractivity contribution >= 4 is 40.8 Å². The van der Waals surface area contributed by atoms with Crippen molar-refractivity contribution in [3.8, 4) is 5.75 Å². The van der Waals surface area contributed by atoms with Gasteiger partial charge in [-0.25, -0.2) is 0 Å². The molecule has 7 heteroatoms. The molecule has 1 aromatic carbocycles. The van der Waals surface area contributed by atoms with Crippen LogP contribution in [0.25, 0.3) is 0 Å². The standard InChI is InChI=1S/C13H17Cl2NO3S/c1-13(2,3)20(17)16-7-9-11(19-8-18-4)6-5-10(14)12(9)15/h5-7H,8H2,1-4H3/b16-7+. The maximum Gasteiger partial charge on any atom is 0.188 e. The predicted octanol–water partition coefficient (Wildman–Crippen LogP) is 3.86. The van der Waals surface area contributed by atoms with Gasteiger partial charge in [0.25, 0.3) is 0 Å². The van der Waals surface area contributed by atoms with Gasteiger partial charge in [-0.05, 0) is 32.9 Å². The van der Waals surface area contributed by atoms with Crippen LogP contribution in [0.1, 0.15) is 26.3 Å². The van der Waals surface area contributed by atoms with Crippen molar-refractivity contribution in [2.24, 2.45) is 4.40 Å². The third-order valence-corrected chi connectivity index (χ3v) is 4.39. The number of rotatable bonds is 5. The Balaban J connectivity index is 3.08. The second-order valence-electron chi connectivity index (χ2n) is 4.92. The summed E-state index contributed by atoms with van der Waals surface area (Å²) < 4.78 is 25.7. The zero-order valence-electron chi connectivity index (χ0n) is 11.8. The Kier molecular flexibility index (Phi) is 6.61. The fourth-order valence-electron chi connectivity index (χ4n) is 1.18. The fourth-order valence-corrected chi connectivity index (χ4v) is 2.06. The van der Waals surface area contributed by atoms with E-state index in [4.69, 9.17) is 32.7 Å². The second-order valence-corrected chi connectivity index (χ2v) is 7.64. The molecule has 0 aliphatic heterocycles. The van der Waals surface area contributed by atoms with Crippen molar-refractivity contribution in [2.45, 2.75) is 25.5 Å². The Bertz CT molecular complexity index is 489. The van der Waals surface area contributed by atoms with E-state index >= 15 is 0 Å². The average molecular weight is 338 g/mol. The Morgan fingerprint density at radius 3 is 2.55 bits per heavy atom. The van der Waals surface area contributed by atoms with Gasteiger partial charge in [0.2, 0.25) is 0 Å². The maximum atomic E-state index is 11.9. The summed E-state index contributed by atoms with van der Waals surface area (Å²) >= 11 is 10.7. The van der Waals surface area contributed by atoms with E-state index in [1.807, 2.05) is 20.8 Å². The number of benzene rings is 1. The van der Waals surface area contributed by atoms with Crippen LogP contribution in [0.4, 0.5) is 0 Å². The van der Waals surface area contributed by atoms with E-state index in [9.17, 15) is 4.55 Å². The summed E-state index contributed by atoms with van der Waals surface area (Å²) in [5.74, 6) is 0.468. The van der Waals surface area contributed by atoms with Gasteiger partial charge in [0.1, 0.15) is 21.9 Å². The van der Waals surface area contributed by atoms with Gasteiger partial charge in [0.15, 0.2) is 6.79 Å². The number of nitrogens with zero attached hydrogens (tertiary/aromatic N) is 1. The lowest BCUT2D eigenvalue weighted by molar-refractivity contribution is 0.0510. The fraction of sp³-hybridized carbons (Fsp3) is 0.462. The summed E-state index contributed by atoms with van der Waals surface area (Å²) in [4.78, 5) is 0. The Morgan fingerprint density at radius 2 is 2.00 bits per heavy atom. The van der Waals surface area contributed by atoms with Crippen molar-refractivity contribution < 1.29 is 14.0 Å². The summed E-state index contributed by atoms with van der Waals surface area (Å²) in [6.07, 6.45) is 1.42. The molecule has 0 spiro atoms. The summed E-state index contributed by atoms with van der Waals surface area (Å²) in [7, 11) is 1.51. The molecule has 1 aromatic rings. The molecule has 0 aromatic heterocycles. The lowest BCUT2D eigenvalue weighted by atomic mass is 10.2. The van der Waals surface area contributed by atoms with Crippen LogP contribution in [0.15, 0.2) is 16.5 Å². The number of halogens is 2. The SMILES string of the molecule is COCOc1ccc(Cl)c(Cl)c1/C=N/[S+]([O-])C(C)(C)C. The zero-order valence-corrected chi connectivity index (χ0v) is 14.1. The van der Waals surface area contributed by atoms with Gasteiger partial charge in [-0.1, -0.05) is 27.6 Å². The van der Waals surface area contributed by atoms with Crippen LogP contribution in [0, 0.1) is 0 Å². The number of hydrogen-bond acceptors (Lipinski definition) is 4. The molecule has 1 rings (SSSR count). The Labute approximate surface area is 132 Å². The van der Waals surface area contributed by atoms with Crippen molar-refractivity contribution in [1.82, 2.24) is 0 Å². The molecular weight excluding hydrogens is 321 g/mol. The topological polar surface area (TPSA) is 53.9 Å². The molecule has 4 nitrogen and oxygen atoms in total. The molecule has 20 heavy (non-hydrogen) atoms. The highest BCUT2D eigenvalue weighted by Gasteiger charge is 2.26. The van der Waals surface area contributed by atoms with Crippen LogP contribution in [0.2, 0.25) is 10.0 Å². The lowest BCUT2D eigenvalue weighted by Crippen LogP contribution is -2.25. The number of ether oxygens (including phenoxy) is 2. The van der Waals surface area contributed by atoms with Crippen molar-refractivity contribution in [3.05, 3.63) is 27.7 Å². The van der Waals surface area contributed by atoms with E-state index in [-0.39, 0.29) is 6.79 Å². The van der Waals surface area contributed by atoms with E-state index in [2.05, 4.69) is 4.40 Å². The molecule has 0 radical (unpaired) electrons. The van der Waals surface area contributed by atoms with E-state index < -0.39 is 16.1 Å². The zero-order chi connectivity index (χ0) is 15.3. The van der Waals surface area contributed by atoms with Crippen LogP contribution >= 0.6 is 23.2 Å². The average Bonchev–Trinajstić information content (AvgIpc) is 2.37. The molecule has 1 atom stereocenters. The van der Waals surface area contributed by atoms with E-state index in [0.29, 0.717) is 21.4 Å². The predicted molar refractivity (Wildman–Crippen MR) is 84.5 cm³/mol. The molecule has 0 aliphatic carbocycles. The normalized spacial score (nSPS) is 13.8. The van der Waals surface area contributed by atoms with E-state index in [0.717, 1.165) is 0 Å². The van der Waals surface area contributed by atoms with Crippen molar-refractivity contribution in [1.29, 1.82) is 0 Å². The minimum atomic E-state index is -1.39. The van der Waals surface area contributed by atoms with Gasteiger partial charge in [0, 0.05) is 7.11 Å². The smallest absolute Gasteiger partial charge is 0.188 e. The first-order valence-corrected chi connectivity index (χ1v) is 7.69. The molecule has 0 aliphatic rings. The molecule has 0 N–H and O–H groups in total. The first-order chi connectivity index (χ1) is 9.27. The molecule has 0 bridgehead atoms. The molecular formula is C13H17Cl2NO3S. The van der Waals surface area contributed by atoms with Crippen LogP contribution in [-0.2, 0) is 16.1 Å². The number of hydrogen-bond donors (Lipinski definition) is 0. The summed E-state index contributed by atoms with van der Waals surface area (Å²) in [5.41, 5.74) is 0.480. The highest BCUT2D eigenvalue weighted by atomic mass is 35.5. The van der Waals surface area contributed by atoms with Crippen LogP contribution in [0.5, 0.6) is 5.75 Å². The largest absolute Gasteiger partial charge is 0.591 e. The first-order valence-electron chi connectivity index (χ1n) is 5.83. The third kappa shape index (κ3) is 4.82. The number of methoxy groups -OCH3 is 1. The summed E-state index contributed by atoms with van der Waals surface area (Å²) in [5, 5.41) is 0.675. The highest BCUT2D eigenvalue weighted by Crippen LogP contribution is 2.32. The minimum absolute atomic E-state index is 0.0706. The van der Waals surface area contributed by atoms with Gasteiger partial charge in [0.05, 0.1) is 21.8 Å². The van der Waals surface area contributed by atoms with Crippen molar-refractivity contribution in [2.75, 3.05) is 13.9 Å². The molecule has 0 heterocycles. The molecule has 112 valence electrons. The monoisotopic (exact) mass is 337 g/mol. The van der Waals surface area contributed by atoms with Gasteiger partial charge >= 0.3 is 0 Å². The van der Waals surface area contributed by atoms with E-state index in [1.165, 1.54) is 13.3 Å². The van der Waals surface area contributed by atoms with E-state index in [1.54, 1.807) is 12.1 Å². The molecule has 0 saturated heterocycles. The van der Waals surface area contributed by atoms with Crippen LogP contribution < -0.4 is 4.74 Å². The Morgan fingerprint density at radius 1 is 1.35 bits per heavy atom. The maximum absolute atomic E-state index is 11.9. The van der Waals surface area contributed by atoms with Gasteiger partial charge in [-0.15, -0.1) is 0 Å². The minimum Gasteiger partial charge on any atom is -0.591 e. The summed E-state index contributed by atoms with van der Waals surface area (Å²) in [6.45, 7) is 5.58. The lowest BCUT2D eigenvalue weighted by Gasteiger charge is -2.18.